The molecule has 3 aromatic heterocycles. The Kier molecular flexibility index (Phi) is 1.80. The van der Waals surface area contributed by atoms with Crippen LogP contribution in [0.5, 0.6) is 0 Å². The lowest BCUT2D eigenvalue weighted by molar-refractivity contribution is 1.32. The highest BCUT2D eigenvalue weighted by Crippen LogP contribution is 2.26. The van der Waals surface area contributed by atoms with E-state index in [1.165, 1.54) is 0 Å². The molecule has 0 radical (unpaired) electrons. The number of fused-ring (bicyclic) bond motifs is 2. The van der Waals surface area contributed by atoms with E-state index in [1.807, 2.05) is 42.6 Å². The van der Waals surface area contributed by atoms with Crippen molar-refractivity contribution in [2.45, 2.75) is 0 Å². The maximum absolute atomic E-state index is 4.60. The van der Waals surface area contributed by atoms with Gasteiger partial charge in [0.15, 0.2) is 0 Å². The number of pyridine rings is 1. The highest BCUT2D eigenvalue weighted by atomic mass is 14.9. The van der Waals surface area contributed by atoms with Crippen molar-refractivity contribution in [2.24, 2.45) is 0 Å². The Labute approximate surface area is 103 Å². The molecule has 0 unspecified atom stereocenters. The summed E-state index contributed by atoms with van der Waals surface area (Å²) in [6.45, 7) is 0. The molecule has 0 spiro atoms. The van der Waals surface area contributed by atoms with Crippen molar-refractivity contribution < 1.29 is 0 Å². The first kappa shape index (κ1) is 9.41. The summed E-state index contributed by atoms with van der Waals surface area (Å²) in [5, 5.41) is 1.08. The van der Waals surface area contributed by atoms with Gasteiger partial charge in [-0.25, -0.2) is 9.97 Å². The Morgan fingerprint density at radius 1 is 1.00 bits per heavy atom. The summed E-state index contributed by atoms with van der Waals surface area (Å²) >= 11 is 0. The summed E-state index contributed by atoms with van der Waals surface area (Å²) in [5.74, 6) is 0.871. The zero-order chi connectivity index (χ0) is 11.9. The van der Waals surface area contributed by atoms with Crippen molar-refractivity contribution in [3.63, 3.8) is 0 Å². The van der Waals surface area contributed by atoms with Gasteiger partial charge in [0.25, 0.3) is 0 Å². The van der Waals surface area contributed by atoms with Crippen LogP contribution in [-0.2, 0) is 0 Å². The minimum absolute atomic E-state index is 0.871. The van der Waals surface area contributed by atoms with Crippen molar-refractivity contribution in [1.29, 1.82) is 0 Å². The highest BCUT2D eigenvalue weighted by Gasteiger charge is 2.10. The van der Waals surface area contributed by atoms with Crippen LogP contribution >= 0.6 is 0 Å². The smallest absolute Gasteiger partial charge is 0.140 e. The molecule has 1 aromatic carbocycles. The third kappa shape index (κ3) is 1.26. The van der Waals surface area contributed by atoms with Crippen LogP contribution in [-0.4, -0.2) is 19.9 Å². The third-order valence-electron chi connectivity index (χ3n) is 3.10. The molecule has 4 rings (SSSR count). The van der Waals surface area contributed by atoms with Crippen molar-refractivity contribution in [3.05, 3.63) is 48.8 Å². The number of H-pyrrole nitrogens is 2. The van der Waals surface area contributed by atoms with Gasteiger partial charge in [-0.3, -0.25) is 0 Å². The molecule has 4 aromatic rings. The fourth-order valence-corrected chi connectivity index (χ4v) is 2.23. The van der Waals surface area contributed by atoms with Crippen molar-refractivity contribution >= 4 is 22.1 Å². The number of aromatic amines is 2. The fraction of sp³-hybridized carbons (Fsp3) is 0. The minimum Gasteiger partial charge on any atom is -0.345 e. The van der Waals surface area contributed by atoms with Gasteiger partial charge >= 0.3 is 0 Å². The van der Waals surface area contributed by atoms with Gasteiger partial charge in [0.1, 0.15) is 11.5 Å². The topological polar surface area (TPSA) is 57.4 Å². The van der Waals surface area contributed by atoms with E-state index < -0.39 is 0 Å². The van der Waals surface area contributed by atoms with Gasteiger partial charge in [-0.15, -0.1) is 0 Å². The molecule has 86 valence electrons. The molecule has 0 atom stereocenters. The third-order valence-corrected chi connectivity index (χ3v) is 3.10. The SMILES string of the molecule is c1ccc2[nH]c(-c3c[nH]c4ncccc34)nc2c1. The molecular formula is C14H10N4. The van der Waals surface area contributed by atoms with Gasteiger partial charge < -0.3 is 9.97 Å². The van der Waals surface area contributed by atoms with Gasteiger partial charge in [-0.1, -0.05) is 12.1 Å². The van der Waals surface area contributed by atoms with E-state index >= 15 is 0 Å². The zero-order valence-corrected chi connectivity index (χ0v) is 9.51. The van der Waals surface area contributed by atoms with Crippen LogP contribution in [0.1, 0.15) is 0 Å². The van der Waals surface area contributed by atoms with Gasteiger partial charge in [0.2, 0.25) is 0 Å². The molecular weight excluding hydrogens is 224 g/mol. The first-order chi connectivity index (χ1) is 8.92. The number of aromatic nitrogens is 4. The molecule has 18 heavy (non-hydrogen) atoms. The van der Waals surface area contributed by atoms with Crippen LogP contribution in [0.3, 0.4) is 0 Å². The monoisotopic (exact) mass is 234 g/mol. The molecule has 0 fully saturated rings. The Morgan fingerprint density at radius 3 is 2.89 bits per heavy atom. The Morgan fingerprint density at radius 2 is 1.94 bits per heavy atom. The fourth-order valence-electron chi connectivity index (χ4n) is 2.23. The zero-order valence-electron chi connectivity index (χ0n) is 9.51. The average molecular weight is 234 g/mol. The molecule has 0 aliphatic heterocycles. The van der Waals surface area contributed by atoms with Gasteiger partial charge in [0.05, 0.1) is 11.0 Å². The second kappa shape index (κ2) is 3.43. The molecule has 0 bridgehead atoms. The number of nitrogens with zero attached hydrogens (tertiary/aromatic N) is 2. The minimum atomic E-state index is 0.871. The lowest BCUT2D eigenvalue weighted by Gasteiger charge is -1.92. The molecule has 0 aliphatic rings. The van der Waals surface area contributed by atoms with Gasteiger partial charge in [0, 0.05) is 23.3 Å². The second-order valence-corrected chi connectivity index (χ2v) is 4.20. The van der Waals surface area contributed by atoms with E-state index in [0.717, 1.165) is 33.5 Å². The summed E-state index contributed by atoms with van der Waals surface area (Å²) in [5.41, 5.74) is 3.96. The van der Waals surface area contributed by atoms with Crippen LogP contribution in [0.15, 0.2) is 48.8 Å². The van der Waals surface area contributed by atoms with E-state index in [-0.39, 0.29) is 0 Å². The van der Waals surface area contributed by atoms with Crippen molar-refractivity contribution in [2.75, 3.05) is 0 Å². The van der Waals surface area contributed by atoms with Crippen LogP contribution in [0.4, 0.5) is 0 Å². The lowest BCUT2D eigenvalue weighted by Crippen LogP contribution is -1.78. The van der Waals surface area contributed by atoms with Crippen LogP contribution in [0.2, 0.25) is 0 Å². The normalized spacial score (nSPS) is 11.3. The molecule has 3 heterocycles. The quantitative estimate of drug-likeness (QED) is 0.531. The Bertz CT molecular complexity index is 808. The summed E-state index contributed by atoms with van der Waals surface area (Å²) in [4.78, 5) is 15.4. The number of nitrogens with one attached hydrogen (secondary N) is 2. The van der Waals surface area contributed by atoms with E-state index in [2.05, 4.69) is 19.9 Å². The molecule has 0 saturated heterocycles. The van der Waals surface area contributed by atoms with E-state index in [9.17, 15) is 0 Å². The molecule has 4 nitrogen and oxygen atoms in total. The predicted molar refractivity (Wildman–Crippen MR) is 71.2 cm³/mol. The van der Waals surface area contributed by atoms with Crippen LogP contribution < -0.4 is 0 Å². The van der Waals surface area contributed by atoms with Crippen LogP contribution in [0, 0.1) is 0 Å². The second-order valence-electron chi connectivity index (χ2n) is 4.20. The number of para-hydroxylation sites is 2. The first-order valence-electron chi connectivity index (χ1n) is 5.79. The lowest BCUT2D eigenvalue weighted by atomic mass is 10.2. The number of imidazole rings is 1. The van der Waals surface area contributed by atoms with Crippen molar-refractivity contribution in [1.82, 2.24) is 19.9 Å². The van der Waals surface area contributed by atoms with Gasteiger partial charge in [-0.2, -0.15) is 0 Å². The maximum Gasteiger partial charge on any atom is 0.140 e. The summed E-state index contributed by atoms with van der Waals surface area (Å²) in [6, 6.07) is 12.0. The number of hydrogen-bond acceptors (Lipinski definition) is 2. The molecule has 0 saturated carbocycles. The highest BCUT2D eigenvalue weighted by molar-refractivity contribution is 5.93. The maximum atomic E-state index is 4.60. The first-order valence-corrected chi connectivity index (χ1v) is 5.79. The summed E-state index contributed by atoms with van der Waals surface area (Å²) in [6.07, 6.45) is 3.72. The largest absolute Gasteiger partial charge is 0.345 e. The van der Waals surface area contributed by atoms with E-state index in [4.69, 9.17) is 0 Å². The molecule has 4 heteroatoms. The van der Waals surface area contributed by atoms with E-state index in [1.54, 1.807) is 6.20 Å². The number of hydrogen-bond donors (Lipinski definition) is 2. The van der Waals surface area contributed by atoms with Crippen molar-refractivity contribution in [3.8, 4) is 11.4 Å². The standard InChI is InChI=1S/C14H10N4/c1-2-6-12-11(5-1)17-14(18-12)10-8-16-13-9(10)4-3-7-15-13/h1-8H,(H,15,16)(H,17,18). The Balaban J connectivity index is 2.01. The predicted octanol–water partition coefficient (Wildman–Crippen LogP) is 3.11. The van der Waals surface area contributed by atoms with Crippen LogP contribution in [0.25, 0.3) is 33.5 Å². The molecule has 0 amide bonds. The van der Waals surface area contributed by atoms with E-state index in [0.29, 0.717) is 0 Å². The number of rotatable bonds is 1. The Hall–Kier alpha value is -2.62. The molecule has 2 N–H and O–H groups in total. The average Bonchev–Trinajstić information content (AvgIpc) is 3.02. The summed E-state index contributed by atoms with van der Waals surface area (Å²) in [7, 11) is 0. The summed E-state index contributed by atoms with van der Waals surface area (Å²) < 4.78 is 0. The number of benzene rings is 1. The van der Waals surface area contributed by atoms with Gasteiger partial charge in [-0.05, 0) is 24.3 Å². The molecule has 0 aliphatic carbocycles.